The Kier molecular flexibility index (Phi) is 2.91. The smallest absolute Gasteiger partial charge is 0.230 e. The summed E-state index contributed by atoms with van der Waals surface area (Å²) in [7, 11) is 0. The maximum absolute atomic E-state index is 11.8. The molecular weight excluding hydrogens is 192 g/mol. The SMILES string of the molecule is CC1NCCC1C(=O)Nc1cccnn1. The Morgan fingerprint density at radius 3 is 3.13 bits per heavy atom. The minimum Gasteiger partial charge on any atom is -0.313 e. The van der Waals surface area contributed by atoms with Gasteiger partial charge in [0.25, 0.3) is 0 Å². The number of anilines is 1. The monoisotopic (exact) mass is 206 g/mol. The molecule has 1 aliphatic rings. The molecular formula is C10H14N4O. The molecule has 0 radical (unpaired) electrons. The minimum atomic E-state index is 0.0213. The predicted octanol–water partition coefficient (Wildman–Crippen LogP) is 0.413. The molecule has 0 spiro atoms. The van der Waals surface area contributed by atoms with Crippen molar-refractivity contribution in [2.24, 2.45) is 5.92 Å². The summed E-state index contributed by atoms with van der Waals surface area (Å²) < 4.78 is 0. The average molecular weight is 206 g/mol. The lowest BCUT2D eigenvalue weighted by atomic mass is 10.0. The Morgan fingerprint density at radius 1 is 1.67 bits per heavy atom. The number of nitrogens with zero attached hydrogens (tertiary/aromatic N) is 2. The van der Waals surface area contributed by atoms with Gasteiger partial charge in [0.2, 0.25) is 5.91 Å². The van der Waals surface area contributed by atoms with Crippen molar-refractivity contribution in [1.29, 1.82) is 0 Å². The Bertz CT molecular complexity index is 341. The molecule has 1 fully saturated rings. The van der Waals surface area contributed by atoms with Crippen molar-refractivity contribution in [3.8, 4) is 0 Å². The summed E-state index contributed by atoms with van der Waals surface area (Å²) in [5, 5.41) is 13.5. The summed E-state index contributed by atoms with van der Waals surface area (Å²) in [5.41, 5.74) is 0. The number of carbonyl (C=O) groups excluding carboxylic acids is 1. The fraction of sp³-hybridized carbons (Fsp3) is 0.500. The van der Waals surface area contributed by atoms with E-state index in [9.17, 15) is 4.79 Å². The average Bonchev–Trinajstić information content (AvgIpc) is 2.66. The van der Waals surface area contributed by atoms with Crippen molar-refractivity contribution in [3.63, 3.8) is 0 Å². The van der Waals surface area contributed by atoms with Gasteiger partial charge in [0.15, 0.2) is 5.82 Å². The number of hydrogen-bond donors (Lipinski definition) is 2. The first-order chi connectivity index (χ1) is 7.27. The summed E-state index contributed by atoms with van der Waals surface area (Å²) in [4.78, 5) is 11.8. The van der Waals surface area contributed by atoms with E-state index in [1.54, 1.807) is 18.3 Å². The number of amides is 1. The van der Waals surface area contributed by atoms with E-state index in [-0.39, 0.29) is 17.9 Å². The fourth-order valence-corrected chi connectivity index (χ4v) is 1.80. The molecule has 5 nitrogen and oxygen atoms in total. The zero-order valence-corrected chi connectivity index (χ0v) is 8.60. The highest BCUT2D eigenvalue weighted by atomic mass is 16.2. The molecule has 2 N–H and O–H groups in total. The molecule has 2 rings (SSSR count). The Morgan fingerprint density at radius 2 is 2.53 bits per heavy atom. The third kappa shape index (κ3) is 2.30. The largest absolute Gasteiger partial charge is 0.313 e. The molecule has 80 valence electrons. The van der Waals surface area contributed by atoms with Gasteiger partial charge in [-0.3, -0.25) is 4.79 Å². The van der Waals surface area contributed by atoms with Crippen LogP contribution in [-0.4, -0.2) is 28.7 Å². The zero-order chi connectivity index (χ0) is 10.7. The summed E-state index contributed by atoms with van der Waals surface area (Å²) in [6.45, 7) is 2.92. The van der Waals surface area contributed by atoms with Crippen molar-refractivity contribution >= 4 is 11.7 Å². The standard InChI is InChI=1S/C10H14N4O/c1-7-8(4-6-11-7)10(15)13-9-3-2-5-12-14-9/h2-3,5,7-8,11H,4,6H2,1H3,(H,13,14,15). The highest BCUT2D eigenvalue weighted by molar-refractivity contribution is 5.92. The van der Waals surface area contributed by atoms with Gasteiger partial charge in [-0.25, -0.2) is 0 Å². The molecule has 0 aliphatic carbocycles. The van der Waals surface area contributed by atoms with Gasteiger partial charge in [0, 0.05) is 12.2 Å². The van der Waals surface area contributed by atoms with Crippen LogP contribution in [0.5, 0.6) is 0 Å². The lowest BCUT2D eigenvalue weighted by Crippen LogP contribution is -2.32. The first-order valence-corrected chi connectivity index (χ1v) is 5.09. The van der Waals surface area contributed by atoms with Crippen LogP contribution < -0.4 is 10.6 Å². The van der Waals surface area contributed by atoms with Gasteiger partial charge in [-0.05, 0) is 32.0 Å². The van der Waals surface area contributed by atoms with Crippen LogP contribution in [0.25, 0.3) is 0 Å². The van der Waals surface area contributed by atoms with Gasteiger partial charge in [-0.2, -0.15) is 5.10 Å². The lowest BCUT2D eigenvalue weighted by molar-refractivity contribution is -0.120. The second kappa shape index (κ2) is 4.35. The summed E-state index contributed by atoms with van der Waals surface area (Å²) in [6.07, 6.45) is 2.46. The van der Waals surface area contributed by atoms with Crippen LogP contribution in [0.2, 0.25) is 0 Å². The highest BCUT2D eigenvalue weighted by Gasteiger charge is 2.29. The van der Waals surface area contributed by atoms with Crippen LogP contribution in [0.4, 0.5) is 5.82 Å². The molecule has 2 unspecified atom stereocenters. The first-order valence-electron chi connectivity index (χ1n) is 5.09. The van der Waals surface area contributed by atoms with Gasteiger partial charge >= 0.3 is 0 Å². The van der Waals surface area contributed by atoms with E-state index in [0.29, 0.717) is 5.82 Å². The van der Waals surface area contributed by atoms with Crippen LogP contribution in [0.1, 0.15) is 13.3 Å². The van der Waals surface area contributed by atoms with Gasteiger partial charge in [-0.15, -0.1) is 5.10 Å². The van der Waals surface area contributed by atoms with E-state index in [2.05, 4.69) is 20.8 Å². The second-order valence-corrected chi connectivity index (χ2v) is 3.74. The Labute approximate surface area is 88.3 Å². The number of nitrogens with one attached hydrogen (secondary N) is 2. The number of aromatic nitrogens is 2. The third-order valence-corrected chi connectivity index (χ3v) is 2.69. The van der Waals surface area contributed by atoms with E-state index in [0.717, 1.165) is 13.0 Å². The minimum absolute atomic E-state index is 0.0213. The molecule has 1 aliphatic heterocycles. The fourth-order valence-electron chi connectivity index (χ4n) is 1.80. The van der Waals surface area contributed by atoms with Crippen LogP contribution in [0, 0.1) is 5.92 Å². The van der Waals surface area contributed by atoms with Crippen molar-refractivity contribution in [1.82, 2.24) is 15.5 Å². The van der Waals surface area contributed by atoms with E-state index in [1.807, 2.05) is 6.92 Å². The Hall–Kier alpha value is -1.49. The maximum Gasteiger partial charge on any atom is 0.230 e. The predicted molar refractivity (Wildman–Crippen MR) is 56.2 cm³/mol. The van der Waals surface area contributed by atoms with E-state index in [4.69, 9.17) is 0 Å². The molecule has 5 heteroatoms. The van der Waals surface area contributed by atoms with Gasteiger partial charge < -0.3 is 10.6 Å². The van der Waals surface area contributed by atoms with Crippen molar-refractivity contribution in [3.05, 3.63) is 18.3 Å². The van der Waals surface area contributed by atoms with Crippen molar-refractivity contribution < 1.29 is 4.79 Å². The van der Waals surface area contributed by atoms with E-state index in [1.165, 1.54) is 0 Å². The van der Waals surface area contributed by atoms with E-state index >= 15 is 0 Å². The van der Waals surface area contributed by atoms with Crippen LogP contribution in [-0.2, 0) is 4.79 Å². The zero-order valence-electron chi connectivity index (χ0n) is 8.60. The summed E-state index contributed by atoms with van der Waals surface area (Å²) >= 11 is 0. The first kappa shape index (κ1) is 10.0. The molecule has 2 heterocycles. The molecule has 15 heavy (non-hydrogen) atoms. The molecule has 0 saturated carbocycles. The Balaban J connectivity index is 1.98. The van der Waals surface area contributed by atoms with Crippen molar-refractivity contribution in [2.75, 3.05) is 11.9 Å². The lowest BCUT2D eigenvalue weighted by Gasteiger charge is -2.13. The van der Waals surface area contributed by atoms with Gasteiger partial charge in [0.05, 0.1) is 5.92 Å². The molecule has 0 aromatic carbocycles. The molecule has 0 bridgehead atoms. The molecule has 1 amide bonds. The van der Waals surface area contributed by atoms with Crippen LogP contribution in [0.15, 0.2) is 18.3 Å². The number of hydrogen-bond acceptors (Lipinski definition) is 4. The highest BCUT2D eigenvalue weighted by Crippen LogP contribution is 2.16. The van der Waals surface area contributed by atoms with Gasteiger partial charge in [0.1, 0.15) is 0 Å². The topological polar surface area (TPSA) is 66.9 Å². The number of carbonyl (C=O) groups is 1. The summed E-state index contributed by atoms with van der Waals surface area (Å²) in [5.74, 6) is 0.571. The van der Waals surface area contributed by atoms with Crippen LogP contribution in [0.3, 0.4) is 0 Å². The maximum atomic E-state index is 11.8. The summed E-state index contributed by atoms with van der Waals surface area (Å²) in [6, 6.07) is 3.72. The normalized spacial score (nSPS) is 25.1. The van der Waals surface area contributed by atoms with Crippen LogP contribution >= 0.6 is 0 Å². The molecule has 1 saturated heterocycles. The van der Waals surface area contributed by atoms with Gasteiger partial charge in [-0.1, -0.05) is 0 Å². The third-order valence-electron chi connectivity index (χ3n) is 2.69. The van der Waals surface area contributed by atoms with Crippen molar-refractivity contribution in [2.45, 2.75) is 19.4 Å². The quantitative estimate of drug-likeness (QED) is 0.735. The number of rotatable bonds is 2. The molecule has 1 aromatic rings. The van der Waals surface area contributed by atoms with E-state index < -0.39 is 0 Å². The molecule has 2 atom stereocenters. The second-order valence-electron chi connectivity index (χ2n) is 3.74. The molecule has 1 aromatic heterocycles.